The largest absolute Gasteiger partial charge is 0.283 e. The van der Waals surface area contributed by atoms with Gasteiger partial charge in [0.1, 0.15) is 0 Å². The van der Waals surface area contributed by atoms with E-state index in [4.69, 9.17) is 0 Å². The molecular formula is C14H11NO2S. The summed E-state index contributed by atoms with van der Waals surface area (Å²) in [6.45, 7) is 0. The summed E-state index contributed by atoms with van der Waals surface area (Å²) in [5.41, 5.74) is 0.732. The molecule has 0 atom stereocenters. The van der Waals surface area contributed by atoms with E-state index in [1.165, 1.54) is 11.8 Å². The lowest BCUT2D eigenvalue weighted by Gasteiger charge is -1.99. The SMILES string of the molecule is O=[N+]([O-])/C(=C\Sc1ccccc1)c1ccccc1. The van der Waals surface area contributed by atoms with Crippen LogP contribution >= 0.6 is 11.8 Å². The molecule has 2 aromatic carbocycles. The predicted octanol–water partition coefficient (Wildman–Crippen LogP) is 4.05. The zero-order valence-electron chi connectivity index (χ0n) is 9.52. The monoisotopic (exact) mass is 257 g/mol. The molecule has 3 nitrogen and oxygen atoms in total. The van der Waals surface area contributed by atoms with Crippen molar-refractivity contribution in [3.05, 3.63) is 81.7 Å². The molecule has 4 heteroatoms. The van der Waals surface area contributed by atoms with E-state index in [-0.39, 0.29) is 10.6 Å². The Morgan fingerprint density at radius 2 is 1.56 bits per heavy atom. The van der Waals surface area contributed by atoms with Crippen molar-refractivity contribution in [1.82, 2.24) is 0 Å². The zero-order valence-corrected chi connectivity index (χ0v) is 10.3. The Morgan fingerprint density at radius 3 is 2.11 bits per heavy atom. The summed E-state index contributed by atoms with van der Waals surface area (Å²) in [5.74, 6) is 0. The van der Waals surface area contributed by atoms with Gasteiger partial charge in [0.05, 0.1) is 15.9 Å². The minimum atomic E-state index is -0.356. The van der Waals surface area contributed by atoms with Crippen molar-refractivity contribution in [2.24, 2.45) is 0 Å². The molecule has 0 saturated carbocycles. The van der Waals surface area contributed by atoms with E-state index in [0.29, 0.717) is 5.56 Å². The number of nitro groups is 1. The molecule has 0 aliphatic carbocycles. The third kappa shape index (κ3) is 3.21. The van der Waals surface area contributed by atoms with Gasteiger partial charge in [-0.1, -0.05) is 48.2 Å². The molecule has 0 aliphatic rings. The molecule has 0 aromatic heterocycles. The van der Waals surface area contributed by atoms with Crippen LogP contribution in [0.5, 0.6) is 0 Å². The van der Waals surface area contributed by atoms with Gasteiger partial charge in [-0.3, -0.25) is 10.1 Å². The van der Waals surface area contributed by atoms with E-state index in [2.05, 4.69) is 0 Å². The fourth-order valence-electron chi connectivity index (χ4n) is 1.45. The van der Waals surface area contributed by atoms with Gasteiger partial charge >= 0.3 is 0 Å². The van der Waals surface area contributed by atoms with E-state index >= 15 is 0 Å². The third-order valence-corrected chi connectivity index (χ3v) is 3.20. The number of hydrogen-bond acceptors (Lipinski definition) is 3. The Kier molecular flexibility index (Phi) is 4.15. The second-order valence-electron chi connectivity index (χ2n) is 3.56. The van der Waals surface area contributed by atoms with Crippen LogP contribution in [0.4, 0.5) is 0 Å². The maximum absolute atomic E-state index is 11.0. The summed E-state index contributed by atoms with van der Waals surface area (Å²) in [6.07, 6.45) is 0. The molecule has 0 unspecified atom stereocenters. The summed E-state index contributed by atoms with van der Waals surface area (Å²) in [5, 5.41) is 12.6. The molecule has 0 fully saturated rings. The zero-order chi connectivity index (χ0) is 12.8. The third-order valence-electron chi connectivity index (χ3n) is 2.32. The lowest BCUT2D eigenvalue weighted by atomic mass is 10.2. The van der Waals surface area contributed by atoms with Crippen molar-refractivity contribution in [1.29, 1.82) is 0 Å². The van der Waals surface area contributed by atoms with Gasteiger partial charge in [-0.05, 0) is 24.3 Å². The first-order chi connectivity index (χ1) is 8.77. The van der Waals surface area contributed by atoms with Gasteiger partial charge < -0.3 is 0 Å². The van der Waals surface area contributed by atoms with E-state index in [9.17, 15) is 10.1 Å². The minimum absolute atomic E-state index is 0.115. The summed E-state index contributed by atoms with van der Waals surface area (Å²) in [7, 11) is 0. The lowest BCUT2D eigenvalue weighted by Crippen LogP contribution is -1.96. The Bertz CT molecular complexity index is 553. The number of hydrogen-bond donors (Lipinski definition) is 0. The van der Waals surface area contributed by atoms with Gasteiger partial charge in [0.25, 0.3) is 5.70 Å². The Hall–Kier alpha value is -2.07. The maximum Gasteiger partial charge on any atom is 0.283 e. The van der Waals surface area contributed by atoms with Crippen LogP contribution in [-0.2, 0) is 0 Å². The van der Waals surface area contributed by atoms with Crippen molar-refractivity contribution >= 4 is 17.5 Å². The number of benzene rings is 2. The number of thioether (sulfide) groups is 1. The number of nitrogens with zero attached hydrogens (tertiary/aromatic N) is 1. The van der Waals surface area contributed by atoms with Crippen molar-refractivity contribution in [3.8, 4) is 0 Å². The molecule has 2 aromatic rings. The van der Waals surface area contributed by atoms with Crippen LogP contribution in [0.3, 0.4) is 0 Å². The predicted molar refractivity (Wildman–Crippen MR) is 73.7 cm³/mol. The molecule has 0 radical (unpaired) electrons. The first-order valence-corrected chi connectivity index (χ1v) is 6.27. The molecule has 0 spiro atoms. The fourth-order valence-corrected chi connectivity index (χ4v) is 2.23. The molecule has 0 saturated heterocycles. The molecule has 0 heterocycles. The van der Waals surface area contributed by atoms with Gasteiger partial charge in [-0.15, -0.1) is 0 Å². The molecule has 0 aliphatic heterocycles. The van der Waals surface area contributed by atoms with Gasteiger partial charge in [0, 0.05) is 4.90 Å². The minimum Gasteiger partial charge on any atom is -0.258 e. The van der Waals surface area contributed by atoms with Crippen molar-refractivity contribution in [2.45, 2.75) is 4.90 Å². The van der Waals surface area contributed by atoms with Crippen molar-refractivity contribution in [3.63, 3.8) is 0 Å². The Labute approximate surface area is 109 Å². The average molecular weight is 257 g/mol. The summed E-state index contributed by atoms with van der Waals surface area (Å²) >= 11 is 1.35. The highest BCUT2D eigenvalue weighted by molar-refractivity contribution is 8.02. The van der Waals surface area contributed by atoms with Crippen LogP contribution in [0.15, 0.2) is 71.0 Å². The summed E-state index contributed by atoms with van der Waals surface area (Å²) < 4.78 is 0. The summed E-state index contributed by atoms with van der Waals surface area (Å²) in [4.78, 5) is 11.7. The molecule has 0 bridgehead atoms. The Balaban J connectivity index is 2.24. The van der Waals surface area contributed by atoms with Gasteiger partial charge in [-0.2, -0.15) is 0 Å². The topological polar surface area (TPSA) is 43.1 Å². The fraction of sp³-hybridized carbons (Fsp3) is 0. The highest BCUT2D eigenvalue weighted by atomic mass is 32.2. The molecule has 0 N–H and O–H groups in total. The average Bonchev–Trinajstić information content (AvgIpc) is 2.41. The van der Waals surface area contributed by atoms with Crippen LogP contribution in [0.1, 0.15) is 5.56 Å². The summed E-state index contributed by atoms with van der Waals surface area (Å²) in [6, 6.07) is 18.5. The lowest BCUT2D eigenvalue weighted by molar-refractivity contribution is -0.375. The second-order valence-corrected chi connectivity index (χ2v) is 4.50. The quantitative estimate of drug-likeness (QED) is 0.471. The van der Waals surface area contributed by atoms with Crippen LogP contribution in [0.25, 0.3) is 5.70 Å². The van der Waals surface area contributed by atoms with Gasteiger partial charge in [0.2, 0.25) is 0 Å². The van der Waals surface area contributed by atoms with E-state index in [1.54, 1.807) is 29.7 Å². The van der Waals surface area contributed by atoms with Crippen molar-refractivity contribution < 1.29 is 4.92 Å². The van der Waals surface area contributed by atoms with E-state index < -0.39 is 0 Å². The molecule has 90 valence electrons. The number of rotatable bonds is 4. The van der Waals surface area contributed by atoms with Gasteiger partial charge in [0.15, 0.2) is 0 Å². The van der Waals surface area contributed by atoms with Crippen LogP contribution in [0.2, 0.25) is 0 Å². The van der Waals surface area contributed by atoms with Gasteiger partial charge in [-0.25, -0.2) is 0 Å². The van der Waals surface area contributed by atoms with Crippen LogP contribution < -0.4 is 0 Å². The van der Waals surface area contributed by atoms with Crippen molar-refractivity contribution in [2.75, 3.05) is 0 Å². The van der Waals surface area contributed by atoms with Crippen LogP contribution in [0, 0.1) is 10.1 Å². The molecule has 18 heavy (non-hydrogen) atoms. The molecule has 0 amide bonds. The highest BCUT2D eigenvalue weighted by Gasteiger charge is 2.13. The molecular weight excluding hydrogens is 246 g/mol. The van der Waals surface area contributed by atoms with Crippen LogP contribution in [-0.4, -0.2) is 4.92 Å². The second kappa shape index (κ2) is 6.02. The highest BCUT2D eigenvalue weighted by Crippen LogP contribution is 2.24. The van der Waals surface area contributed by atoms with E-state index in [0.717, 1.165) is 4.90 Å². The first kappa shape index (κ1) is 12.4. The smallest absolute Gasteiger partial charge is 0.258 e. The normalized spacial score (nSPS) is 11.2. The Morgan fingerprint density at radius 1 is 1.00 bits per heavy atom. The molecule has 2 rings (SSSR count). The standard InChI is InChI=1S/C14H11NO2S/c16-15(17)14(12-7-3-1-4-8-12)11-18-13-9-5-2-6-10-13/h1-11H/b14-11-. The van der Waals surface area contributed by atoms with E-state index in [1.807, 2.05) is 36.4 Å². The first-order valence-electron chi connectivity index (χ1n) is 5.39. The maximum atomic E-state index is 11.0.